The van der Waals surface area contributed by atoms with Gasteiger partial charge in [-0.05, 0) is 24.6 Å². The number of halogens is 2. The zero-order valence-corrected chi connectivity index (χ0v) is 9.64. The van der Waals surface area contributed by atoms with Crippen molar-refractivity contribution in [2.24, 2.45) is 5.73 Å². The van der Waals surface area contributed by atoms with E-state index in [1.807, 2.05) is 0 Å². The normalized spacial score (nSPS) is 14.7. The number of benzene rings is 1. The van der Waals surface area contributed by atoms with Crippen LogP contribution in [-0.2, 0) is 10.3 Å². The van der Waals surface area contributed by atoms with Gasteiger partial charge in [0.25, 0.3) is 0 Å². The summed E-state index contributed by atoms with van der Waals surface area (Å²) in [6.45, 7) is 1.69. The third kappa shape index (κ3) is 2.25. The number of hydrogen-bond acceptors (Lipinski definition) is 2. The average Bonchev–Trinajstić information content (AvgIpc) is 2.20. The first-order chi connectivity index (χ1) is 6.91. The highest BCUT2D eigenvalue weighted by atomic mass is 35.5. The highest BCUT2D eigenvalue weighted by Crippen LogP contribution is 2.31. The molecule has 0 saturated carbocycles. The van der Waals surface area contributed by atoms with E-state index >= 15 is 0 Å². The van der Waals surface area contributed by atoms with Crippen LogP contribution in [0.2, 0.25) is 10.0 Å². The maximum Gasteiger partial charge on any atom is 0.328 e. The number of rotatable bonds is 3. The van der Waals surface area contributed by atoms with Crippen molar-refractivity contribution >= 4 is 29.2 Å². The van der Waals surface area contributed by atoms with Crippen LogP contribution >= 0.6 is 23.2 Å². The van der Waals surface area contributed by atoms with Gasteiger partial charge in [0.2, 0.25) is 0 Å². The lowest BCUT2D eigenvalue weighted by molar-refractivity contribution is -0.143. The van der Waals surface area contributed by atoms with Crippen LogP contribution in [0.5, 0.6) is 0 Å². The Hall–Kier alpha value is -0.770. The fourth-order valence-electron chi connectivity index (χ4n) is 1.30. The van der Waals surface area contributed by atoms with E-state index in [0.29, 0.717) is 15.6 Å². The van der Waals surface area contributed by atoms with Crippen LogP contribution in [-0.4, -0.2) is 11.1 Å². The van der Waals surface area contributed by atoms with Crippen molar-refractivity contribution in [1.29, 1.82) is 0 Å². The molecule has 15 heavy (non-hydrogen) atoms. The van der Waals surface area contributed by atoms with Gasteiger partial charge in [-0.3, -0.25) is 0 Å². The van der Waals surface area contributed by atoms with Crippen LogP contribution in [0.1, 0.15) is 18.9 Å². The van der Waals surface area contributed by atoms with Gasteiger partial charge in [0.05, 0.1) is 0 Å². The van der Waals surface area contributed by atoms with Gasteiger partial charge in [-0.15, -0.1) is 0 Å². The van der Waals surface area contributed by atoms with Crippen molar-refractivity contribution in [1.82, 2.24) is 0 Å². The zero-order chi connectivity index (χ0) is 11.6. The van der Waals surface area contributed by atoms with Crippen molar-refractivity contribution in [2.75, 3.05) is 0 Å². The summed E-state index contributed by atoms with van der Waals surface area (Å²) in [5, 5.41) is 9.80. The highest BCUT2D eigenvalue weighted by molar-refractivity contribution is 6.33. The number of aliphatic carboxylic acids is 1. The van der Waals surface area contributed by atoms with Crippen LogP contribution in [0.15, 0.2) is 18.2 Å². The Labute approximate surface area is 97.8 Å². The lowest BCUT2D eigenvalue weighted by atomic mass is 9.88. The molecule has 0 fully saturated rings. The first-order valence-electron chi connectivity index (χ1n) is 4.39. The smallest absolute Gasteiger partial charge is 0.328 e. The van der Waals surface area contributed by atoms with Gasteiger partial charge in [0, 0.05) is 15.6 Å². The van der Waals surface area contributed by atoms with Crippen molar-refractivity contribution in [3.63, 3.8) is 0 Å². The monoisotopic (exact) mass is 247 g/mol. The quantitative estimate of drug-likeness (QED) is 0.864. The molecule has 5 heteroatoms. The second-order valence-electron chi connectivity index (χ2n) is 3.25. The molecule has 1 unspecified atom stereocenters. The fraction of sp³-hybridized carbons (Fsp3) is 0.300. The van der Waals surface area contributed by atoms with Crippen molar-refractivity contribution in [2.45, 2.75) is 18.9 Å². The Kier molecular flexibility index (Phi) is 3.60. The summed E-state index contributed by atoms with van der Waals surface area (Å²) >= 11 is 11.7. The molecule has 0 saturated heterocycles. The fourth-order valence-corrected chi connectivity index (χ4v) is 1.75. The number of carboxylic acid groups (broad SMARTS) is 1. The van der Waals surface area contributed by atoms with E-state index in [9.17, 15) is 4.79 Å². The number of carbonyl (C=O) groups is 1. The average molecular weight is 248 g/mol. The van der Waals surface area contributed by atoms with Gasteiger partial charge in [-0.2, -0.15) is 0 Å². The summed E-state index contributed by atoms with van der Waals surface area (Å²) in [5.74, 6) is -1.12. The summed E-state index contributed by atoms with van der Waals surface area (Å²) in [4.78, 5) is 11.1. The summed E-state index contributed by atoms with van der Waals surface area (Å²) in [7, 11) is 0. The molecular formula is C10H11Cl2NO2. The van der Waals surface area contributed by atoms with Gasteiger partial charge >= 0.3 is 5.97 Å². The lowest BCUT2D eigenvalue weighted by Crippen LogP contribution is -2.44. The van der Waals surface area contributed by atoms with Crippen LogP contribution < -0.4 is 5.73 Å². The summed E-state index contributed by atoms with van der Waals surface area (Å²) in [6, 6.07) is 4.62. The number of carboxylic acids is 1. The first kappa shape index (κ1) is 12.3. The Bertz CT molecular complexity index is 395. The van der Waals surface area contributed by atoms with Crippen LogP contribution in [0, 0.1) is 0 Å². The summed E-state index contributed by atoms with van der Waals surface area (Å²) < 4.78 is 0. The van der Waals surface area contributed by atoms with Gasteiger partial charge in [0.1, 0.15) is 5.54 Å². The van der Waals surface area contributed by atoms with Crippen LogP contribution in [0.25, 0.3) is 0 Å². The second-order valence-corrected chi connectivity index (χ2v) is 4.10. The minimum absolute atomic E-state index is 0.238. The number of nitrogens with two attached hydrogens (primary N) is 1. The molecule has 0 bridgehead atoms. The maximum absolute atomic E-state index is 11.1. The van der Waals surface area contributed by atoms with E-state index in [0.717, 1.165) is 0 Å². The van der Waals surface area contributed by atoms with E-state index in [-0.39, 0.29) is 6.42 Å². The van der Waals surface area contributed by atoms with E-state index in [1.54, 1.807) is 19.1 Å². The van der Waals surface area contributed by atoms with Crippen LogP contribution in [0.4, 0.5) is 0 Å². The molecule has 0 amide bonds. The molecule has 1 aromatic carbocycles. The minimum Gasteiger partial charge on any atom is -0.480 e. The Morgan fingerprint density at radius 1 is 1.53 bits per heavy atom. The lowest BCUT2D eigenvalue weighted by Gasteiger charge is -2.24. The predicted molar refractivity (Wildman–Crippen MR) is 60.3 cm³/mol. The minimum atomic E-state index is -1.48. The van der Waals surface area contributed by atoms with Crippen molar-refractivity contribution in [3.05, 3.63) is 33.8 Å². The third-order valence-electron chi connectivity index (χ3n) is 2.35. The highest BCUT2D eigenvalue weighted by Gasteiger charge is 2.36. The van der Waals surface area contributed by atoms with Gasteiger partial charge in [0.15, 0.2) is 0 Å². The molecule has 3 nitrogen and oxygen atoms in total. The van der Waals surface area contributed by atoms with Crippen LogP contribution in [0.3, 0.4) is 0 Å². The molecule has 0 heterocycles. The predicted octanol–water partition coefficient (Wildman–Crippen LogP) is 2.64. The topological polar surface area (TPSA) is 63.3 Å². The zero-order valence-electron chi connectivity index (χ0n) is 8.13. The third-order valence-corrected chi connectivity index (χ3v) is 2.91. The molecule has 0 aliphatic carbocycles. The van der Waals surface area contributed by atoms with E-state index < -0.39 is 11.5 Å². The molecule has 3 N–H and O–H groups in total. The molecule has 0 aromatic heterocycles. The van der Waals surface area contributed by atoms with Crippen molar-refractivity contribution < 1.29 is 9.90 Å². The number of hydrogen-bond donors (Lipinski definition) is 2. The van der Waals surface area contributed by atoms with Crippen molar-refractivity contribution in [3.8, 4) is 0 Å². The Morgan fingerprint density at radius 2 is 2.13 bits per heavy atom. The first-order valence-corrected chi connectivity index (χ1v) is 5.15. The maximum atomic E-state index is 11.1. The van der Waals surface area contributed by atoms with Gasteiger partial charge < -0.3 is 10.8 Å². The van der Waals surface area contributed by atoms with Gasteiger partial charge in [-0.1, -0.05) is 30.1 Å². The molecule has 0 aliphatic rings. The molecule has 0 radical (unpaired) electrons. The Morgan fingerprint density at radius 3 is 2.60 bits per heavy atom. The summed E-state index contributed by atoms with van der Waals surface area (Å²) in [6.07, 6.45) is 0.238. The van der Waals surface area contributed by atoms with E-state index in [4.69, 9.17) is 34.0 Å². The SMILES string of the molecule is CCC(N)(C(=O)O)c1cc(Cl)ccc1Cl. The Balaban J connectivity index is 3.35. The summed E-state index contributed by atoms with van der Waals surface area (Å²) in [5.41, 5.74) is 4.64. The molecule has 0 spiro atoms. The largest absolute Gasteiger partial charge is 0.480 e. The van der Waals surface area contributed by atoms with Gasteiger partial charge in [-0.25, -0.2) is 4.79 Å². The molecule has 82 valence electrons. The second kappa shape index (κ2) is 4.39. The van der Waals surface area contributed by atoms with E-state index in [1.165, 1.54) is 6.07 Å². The molecule has 1 aromatic rings. The molecule has 0 aliphatic heterocycles. The van der Waals surface area contributed by atoms with E-state index in [2.05, 4.69) is 0 Å². The standard InChI is InChI=1S/C10H11Cl2NO2/c1-2-10(13,9(14)15)7-5-6(11)3-4-8(7)12/h3-5H,2,13H2,1H3,(H,14,15). The molecular weight excluding hydrogens is 237 g/mol. The molecule has 1 rings (SSSR count). The molecule has 1 atom stereocenters.